The van der Waals surface area contributed by atoms with Crippen molar-refractivity contribution in [3.63, 3.8) is 0 Å². The van der Waals surface area contributed by atoms with Crippen LogP contribution < -0.4 is 4.74 Å². The molecule has 21 heavy (non-hydrogen) atoms. The first-order chi connectivity index (χ1) is 9.71. The van der Waals surface area contributed by atoms with Crippen LogP contribution >= 0.6 is 0 Å². The van der Waals surface area contributed by atoms with E-state index in [-0.39, 0.29) is 5.41 Å². The lowest BCUT2D eigenvalue weighted by Gasteiger charge is -2.22. The highest BCUT2D eigenvalue weighted by Gasteiger charge is 2.13. The average Bonchev–Trinajstić information content (AvgIpc) is 2.37. The van der Waals surface area contributed by atoms with Crippen LogP contribution in [-0.2, 0) is 5.41 Å². The fourth-order valence-electron chi connectivity index (χ4n) is 2.04. The first-order valence-electron chi connectivity index (χ1n) is 7.34. The number of guanidine groups is 1. The summed E-state index contributed by atoms with van der Waals surface area (Å²) in [5.41, 5.74) is 1.42. The summed E-state index contributed by atoms with van der Waals surface area (Å²) < 4.78 is 5.81. The summed E-state index contributed by atoms with van der Waals surface area (Å²) in [6, 6.07) is 8.30. The highest BCUT2D eigenvalue weighted by molar-refractivity contribution is 5.79. The van der Waals surface area contributed by atoms with Gasteiger partial charge in [0.15, 0.2) is 5.96 Å². The molecule has 0 unspecified atom stereocenters. The van der Waals surface area contributed by atoms with Crippen molar-refractivity contribution in [2.24, 2.45) is 4.99 Å². The quantitative estimate of drug-likeness (QED) is 0.485. The third kappa shape index (κ3) is 5.66. The number of rotatable bonds is 4. The van der Waals surface area contributed by atoms with Gasteiger partial charge in [-0.15, -0.1) is 0 Å². The van der Waals surface area contributed by atoms with Gasteiger partial charge in [-0.25, -0.2) is 4.99 Å². The zero-order valence-electron chi connectivity index (χ0n) is 14.5. The Kier molecular flexibility index (Phi) is 6.06. The van der Waals surface area contributed by atoms with Gasteiger partial charge in [-0.1, -0.05) is 32.9 Å². The van der Waals surface area contributed by atoms with Crippen LogP contribution in [0.2, 0.25) is 0 Å². The maximum atomic E-state index is 5.81. The maximum absolute atomic E-state index is 5.81. The molecule has 0 saturated carbocycles. The maximum Gasteiger partial charge on any atom is 0.195 e. The Hall–Kier alpha value is -1.71. The molecule has 1 rings (SSSR count). The van der Waals surface area contributed by atoms with E-state index in [1.165, 1.54) is 5.56 Å². The van der Waals surface area contributed by atoms with Crippen LogP contribution in [-0.4, -0.2) is 57.1 Å². The lowest BCUT2D eigenvalue weighted by atomic mass is 9.87. The molecule has 0 spiro atoms. The average molecular weight is 291 g/mol. The highest BCUT2D eigenvalue weighted by atomic mass is 16.5. The van der Waals surface area contributed by atoms with E-state index in [4.69, 9.17) is 4.74 Å². The summed E-state index contributed by atoms with van der Waals surface area (Å²) in [6.07, 6.45) is 0. The first kappa shape index (κ1) is 17.3. The Balaban J connectivity index is 2.59. The van der Waals surface area contributed by atoms with Crippen LogP contribution in [0.5, 0.6) is 5.75 Å². The summed E-state index contributed by atoms with van der Waals surface area (Å²) in [4.78, 5) is 8.55. The lowest BCUT2D eigenvalue weighted by molar-refractivity contribution is 0.325. The molecule has 118 valence electrons. The van der Waals surface area contributed by atoms with Crippen LogP contribution in [0.3, 0.4) is 0 Å². The van der Waals surface area contributed by atoms with Gasteiger partial charge >= 0.3 is 0 Å². The monoisotopic (exact) mass is 291 g/mol. The minimum Gasteiger partial charge on any atom is -0.492 e. The van der Waals surface area contributed by atoms with Gasteiger partial charge in [-0.2, -0.15) is 0 Å². The molecule has 0 aromatic heterocycles. The Morgan fingerprint density at radius 1 is 1.10 bits per heavy atom. The van der Waals surface area contributed by atoms with Gasteiger partial charge in [0.1, 0.15) is 12.4 Å². The molecule has 0 aliphatic heterocycles. The SMILES string of the molecule is CN(C)C(=NCCOc1cccc(C(C)(C)C)c1)N(C)C. The van der Waals surface area contributed by atoms with E-state index in [2.05, 4.69) is 37.9 Å². The van der Waals surface area contributed by atoms with E-state index >= 15 is 0 Å². The summed E-state index contributed by atoms with van der Waals surface area (Å²) in [5.74, 6) is 1.86. The highest BCUT2D eigenvalue weighted by Crippen LogP contribution is 2.25. The number of benzene rings is 1. The van der Waals surface area contributed by atoms with Crippen molar-refractivity contribution in [1.29, 1.82) is 0 Å². The van der Waals surface area contributed by atoms with E-state index in [9.17, 15) is 0 Å². The Morgan fingerprint density at radius 2 is 1.71 bits per heavy atom. The smallest absolute Gasteiger partial charge is 0.195 e. The fraction of sp³-hybridized carbons (Fsp3) is 0.588. The van der Waals surface area contributed by atoms with Crippen molar-refractivity contribution in [2.75, 3.05) is 41.3 Å². The van der Waals surface area contributed by atoms with Gasteiger partial charge in [-0.05, 0) is 23.1 Å². The minimum absolute atomic E-state index is 0.139. The summed E-state index contributed by atoms with van der Waals surface area (Å²) in [7, 11) is 7.97. The fourth-order valence-corrected chi connectivity index (χ4v) is 2.04. The van der Waals surface area contributed by atoms with Crippen LogP contribution in [0.4, 0.5) is 0 Å². The largest absolute Gasteiger partial charge is 0.492 e. The van der Waals surface area contributed by atoms with Crippen LogP contribution in [0.15, 0.2) is 29.3 Å². The summed E-state index contributed by atoms with van der Waals surface area (Å²) in [5, 5.41) is 0. The zero-order chi connectivity index (χ0) is 16.0. The molecule has 0 atom stereocenters. The number of aliphatic imine (C=N–C) groups is 1. The lowest BCUT2D eigenvalue weighted by Crippen LogP contribution is -2.35. The van der Waals surface area contributed by atoms with Gasteiger partial charge in [0.2, 0.25) is 0 Å². The van der Waals surface area contributed by atoms with Crippen molar-refractivity contribution in [1.82, 2.24) is 9.80 Å². The van der Waals surface area contributed by atoms with Crippen molar-refractivity contribution in [3.8, 4) is 5.75 Å². The molecule has 1 aromatic rings. The molecular formula is C17H29N3O. The van der Waals surface area contributed by atoms with Crippen LogP contribution in [0, 0.1) is 0 Å². The molecule has 0 N–H and O–H groups in total. The predicted octanol–water partition coefficient (Wildman–Crippen LogP) is 2.84. The third-order valence-electron chi connectivity index (χ3n) is 3.11. The second-order valence-corrected chi connectivity index (χ2v) is 6.60. The van der Waals surface area contributed by atoms with Gasteiger partial charge in [0.25, 0.3) is 0 Å². The summed E-state index contributed by atoms with van der Waals surface area (Å²) >= 11 is 0. The normalized spacial score (nSPS) is 11.0. The molecule has 0 heterocycles. The predicted molar refractivity (Wildman–Crippen MR) is 90.3 cm³/mol. The minimum atomic E-state index is 0.139. The third-order valence-corrected chi connectivity index (χ3v) is 3.11. The molecule has 0 saturated heterocycles. The van der Waals surface area contributed by atoms with E-state index in [0.717, 1.165) is 11.7 Å². The Bertz CT molecular complexity index is 463. The van der Waals surface area contributed by atoms with Crippen molar-refractivity contribution >= 4 is 5.96 Å². The molecule has 4 nitrogen and oxygen atoms in total. The number of hydrogen-bond acceptors (Lipinski definition) is 2. The van der Waals surface area contributed by atoms with Gasteiger partial charge in [0.05, 0.1) is 6.54 Å². The molecule has 0 aliphatic rings. The molecule has 0 radical (unpaired) electrons. The molecule has 1 aromatic carbocycles. The molecular weight excluding hydrogens is 262 g/mol. The molecule has 0 bridgehead atoms. The Labute approximate surface area is 129 Å². The second kappa shape index (κ2) is 7.34. The zero-order valence-corrected chi connectivity index (χ0v) is 14.5. The topological polar surface area (TPSA) is 28.1 Å². The van der Waals surface area contributed by atoms with Crippen molar-refractivity contribution < 1.29 is 4.74 Å². The van der Waals surface area contributed by atoms with Crippen molar-refractivity contribution in [3.05, 3.63) is 29.8 Å². The molecule has 0 amide bonds. The van der Waals surface area contributed by atoms with Crippen molar-refractivity contribution in [2.45, 2.75) is 26.2 Å². The first-order valence-corrected chi connectivity index (χ1v) is 7.34. The van der Waals surface area contributed by atoms with Gasteiger partial charge in [-0.3, -0.25) is 0 Å². The second-order valence-electron chi connectivity index (χ2n) is 6.60. The number of hydrogen-bond donors (Lipinski definition) is 0. The van der Waals surface area contributed by atoms with E-state index in [1.54, 1.807) is 0 Å². The van der Waals surface area contributed by atoms with Crippen LogP contribution in [0.1, 0.15) is 26.3 Å². The summed E-state index contributed by atoms with van der Waals surface area (Å²) in [6.45, 7) is 7.84. The molecule has 0 aliphatic carbocycles. The molecule has 4 heteroatoms. The van der Waals surface area contributed by atoms with E-state index < -0.39 is 0 Å². The van der Waals surface area contributed by atoms with Gasteiger partial charge in [0, 0.05) is 28.2 Å². The number of nitrogens with zero attached hydrogens (tertiary/aromatic N) is 3. The van der Waals surface area contributed by atoms with E-state index in [1.807, 2.05) is 50.1 Å². The standard InChI is InChI=1S/C17H29N3O/c1-17(2,3)14-9-8-10-15(13-14)21-12-11-18-16(19(4)5)20(6)7/h8-10,13H,11-12H2,1-7H3. The molecule has 0 fully saturated rings. The van der Waals surface area contributed by atoms with Gasteiger partial charge < -0.3 is 14.5 Å². The van der Waals surface area contributed by atoms with Crippen LogP contribution in [0.25, 0.3) is 0 Å². The Morgan fingerprint density at radius 3 is 2.24 bits per heavy atom. The number of ether oxygens (including phenoxy) is 1. The van der Waals surface area contributed by atoms with E-state index in [0.29, 0.717) is 13.2 Å².